The zero-order chi connectivity index (χ0) is 46.7. The van der Waals surface area contributed by atoms with E-state index in [1.54, 1.807) is 6.92 Å². The van der Waals surface area contributed by atoms with Crippen LogP contribution in [0.2, 0.25) is 0 Å². The van der Waals surface area contributed by atoms with Crippen LogP contribution in [0.4, 0.5) is 0 Å². The lowest BCUT2D eigenvalue weighted by Crippen LogP contribution is -2.62. The Hall–Kier alpha value is -5.75. The van der Waals surface area contributed by atoms with Gasteiger partial charge in [-0.25, -0.2) is 4.79 Å². The van der Waals surface area contributed by atoms with Gasteiger partial charge in [0.1, 0.15) is 24.2 Å². The molecule has 0 radical (unpaired) electrons. The minimum absolute atomic E-state index is 0.0407. The molecule has 13 N–H and O–H groups in total. The van der Waals surface area contributed by atoms with Gasteiger partial charge in [-0.3, -0.25) is 52.8 Å². The Morgan fingerprint density at radius 1 is 0.583 bits per heavy atom. The highest BCUT2D eigenvalue weighted by atomic mass is 16.4. The van der Waals surface area contributed by atoms with Crippen molar-refractivity contribution in [2.75, 3.05) is 33.7 Å². The molecule has 0 aromatic rings. The van der Waals surface area contributed by atoms with Crippen molar-refractivity contribution in [2.24, 2.45) is 11.7 Å². The summed E-state index contributed by atoms with van der Waals surface area (Å²) in [4.78, 5) is 137. The maximum absolute atomic E-state index is 13.7. The third kappa shape index (κ3) is 20.8. The molecule has 1 rings (SSSR count). The van der Waals surface area contributed by atoms with Crippen LogP contribution in [0.3, 0.4) is 0 Å². The van der Waals surface area contributed by atoms with Crippen molar-refractivity contribution in [3.05, 3.63) is 0 Å². The molecule has 1 aliphatic rings. The number of nitrogens with zero attached hydrogens (tertiary/aromatic N) is 1. The summed E-state index contributed by atoms with van der Waals surface area (Å²) in [5, 5.41) is 53.3. The largest absolute Gasteiger partial charge is 0.481 e. The lowest BCUT2D eigenvalue weighted by atomic mass is 9.96. The predicted octanol–water partition coefficient (Wildman–Crippen LogP) is -3.31. The predicted molar refractivity (Wildman–Crippen MR) is 212 cm³/mol. The third-order valence-electron chi connectivity index (χ3n) is 8.53. The Morgan fingerprint density at radius 3 is 1.32 bits per heavy atom. The fourth-order valence-corrected chi connectivity index (χ4v) is 5.44. The minimum atomic E-state index is -1.77. The number of nitrogens with one attached hydrogen (secondary N) is 7. The topological polar surface area (TPSA) is 382 Å². The van der Waals surface area contributed by atoms with Crippen LogP contribution >= 0.6 is 0 Å². The van der Waals surface area contributed by atoms with Crippen LogP contribution in [-0.2, 0) is 52.7 Å². The molecule has 24 nitrogen and oxygen atoms in total. The van der Waals surface area contributed by atoms with E-state index in [4.69, 9.17) is 15.9 Å². The van der Waals surface area contributed by atoms with E-state index in [-0.39, 0.29) is 31.6 Å². The van der Waals surface area contributed by atoms with Gasteiger partial charge in [0.2, 0.25) is 41.4 Å². The van der Waals surface area contributed by atoms with Crippen molar-refractivity contribution >= 4 is 65.2 Å². The number of amides is 7. The molecular formula is C36H63N9O15. The summed E-state index contributed by atoms with van der Waals surface area (Å²) in [5.41, 5.74) is 5.74. The van der Waals surface area contributed by atoms with Gasteiger partial charge in [0, 0.05) is 51.7 Å². The summed E-state index contributed by atoms with van der Waals surface area (Å²) in [5.74, 6) is -12.2. The van der Waals surface area contributed by atoms with Crippen molar-refractivity contribution in [2.45, 2.75) is 122 Å². The second kappa shape index (κ2) is 30.3. The van der Waals surface area contributed by atoms with Crippen molar-refractivity contribution in [1.82, 2.24) is 42.1 Å². The van der Waals surface area contributed by atoms with Gasteiger partial charge >= 0.3 is 23.9 Å². The molecule has 3 unspecified atom stereocenters. The highest BCUT2D eigenvalue weighted by Crippen LogP contribution is 2.21. The number of hydrogen-bond donors (Lipinski definition) is 12. The Balaban J connectivity index is 0. The first-order valence-electron chi connectivity index (χ1n) is 19.5. The quantitative estimate of drug-likeness (QED) is 0.0379. The van der Waals surface area contributed by atoms with Gasteiger partial charge < -0.3 is 63.4 Å². The summed E-state index contributed by atoms with van der Waals surface area (Å²) in [6, 6.07) is -9.04. The third-order valence-corrected chi connectivity index (χ3v) is 8.53. The summed E-state index contributed by atoms with van der Waals surface area (Å²) in [6.45, 7) is 7.63. The normalized spacial score (nSPS) is 15.4. The maximum atomic E-state index is 13.7. The Bertz CT molecular complexity index is 1480. The molecule has 1 saturated heterocycles. The number of piperidine rings is 1. The van der Waals surface area contributed by atoms with Gasteiger partial charge in [-0.05, 0) is 39.3 Å². The van der Waals surface area contributed by atoms with Crippen LogP contribution in [0.15, 0.2) is 0 Å². The van der Waals surface area contributed by atoms with E-state index in [9.17, 15) is 63.0 Å². The van der Waals surface area contributed by atoms with Crippen LogP contribution in [-0.4, -0.2) is 161 Å². The van der Waals surface area contributed by atoms with E-state index in [0.29, 0.717) is 4.90 Å². The molecular weight excluding hydrogens is 798 g/mol. The summed E-state index contributed by atoms with van der Waals surface area (Å²) in [7, 11) is 2.67. The molecule has 1 fully saturated rings. The summed E-state index contributed by atoms with van der Waals surface area (Å²) >= 11 is 0. The van der Waals surface area contributed by atoms with Gasteiger partial charge in [0.05, 0.1) is 12.1 Å². The molecule has 6 atom stereocenters. The summed E-state index contributed by atoms with van der Waals surface area (Å²) < 4.78 is 0. The molecule has 0 spiro atoms. The second-order valence-electron chi connectivity index (χ2n) is 12.9. The smallest absolute Gasteiger partial charge is 0.328 e. The molecule has 0 aromatic carbocycles. The SMILES string of the molecule is CC.CC.CN[C@@H](CCC(=O)O)C(=O)NC(CNC(=O)C(CCC(=O)O)NC(=O)C(CNC(=O)[C@H](CN)N1C(=O)CC(C)CC1=O)NC(=O)[C@H](CCC(=O)O)NC)C(=O)O. The van der Waals surface area contributed by atoms with Crippen LogP contribution in [0, 0.1) is 5.92 Å². The number of likely N-dealkylation sites (N-methyl/N-ethyl adjacent to an activating group) is 2. The maximum Gasteiger partial charge on any atom is 0.328 e. The molecule has 1 heterocycles. The van der Waals surface area contributed by atoms with Crippen molar-refractivity contribution in [1.29, 1.82) is 0 Å². The monoisotopic (exact) mass is 861 g/mol. The van der Waals surface area contributed by atoms with Crippen LogP contribution in [0.5, 0.6) is 0 Å². The van der Waals surface area contributed by atoms with E-state index in [0.717, 1.165) is 0 Å². The molecule has 0 aromatic heterocycles. The fourth-order valence-electron chi connectivity index (χ4n) is 5.44. The second-order valence-corrected chi connectivity index (χ2v) is 12.9. The van der Waals surface area contributed by atoms with Gasteiger partial charge in [-0.2, -0.15) is 0 Å². The summed E-state index contributed by atoms with van der Waals surface area (Å²) in [6.07, 6.45) is -2.70. The van der Waals surface area contributed by atoms with E-state index < -0.39 is 147 Å². The number of likely N-dealkylation sites (tertiary alicyclic amines) is 1. The first-order chi connectivity index (χ1) is 28.2. The van der Waals surface area contributed by atoms with Crippen molar-refractivity contribution in [3.63, 3.8) is 0 Å². The molecule has 0 bridgehead atoms. The Kier molecular flexibility index (Phi) is 28.5. The highest BCUT2D eigenvalue weighted by molar-refractivity contribution is 6.02. The molecule has 0 aliphatic carbocycles. The average molecular weight is 862 g/mol. The first-order valence-corrected chi connectivity index (χ1v) is 19.5. The van der Waals surface area contributed by atoms with Crippen LogP contribution in [0.25, 0.3) is 0 Å². The molecule has 24 heteroatoms. The van der Waals surface area contributed by atoms with E-state index in [1.807, 2.05) is 27.7 Å². The molecule has 7 amide bonds. The van der Waals surface area contributed by atoms with Gasteiger partial charge in [-0.15, -0.1) is 0 Å². The highest BCUT2D eigenvalue weighted by Gasteiger charge is 2.39. The number of imide groups is 1. The first kappa shape index (κ1) is 56.3. The van der Waals surface area contributed by atoms with Crippen molar-refractivity contribution in [3.8, 4) is 0 Å². The average Bonchev–Trinajstić information content (AvgIpc) is 3.18. The van der Waals surface area contributed by atoms with E-state index >= 15 is 0 Å². The fraction of sp³-hybridized carbons (Fsp3) is 0.694. The van der Waals surface area contributed by atoms with Crippen LogP contribution in [0.1, 0.15) is 86.0 Å². The molecule has 342 valence electrons. The van der Waals surface area contributed by atoms with Crippen molar-refractivity contribution < 1.29 is 73.2 Å². The van der Waals surface area contributed by atoms with Gasteiger partial charge in [-0.1, -0.05) is 34.6 Å². The van der Waals surface area contributed by atoms with Gasteiger partial charge in [0.25, 0.3) is 0 Å². The number of hydrogen-bond acceptors (Lipinski definition) is 14. The zero-order valence-electron chi connectivity index (χ0n) is 35.1. The number of carboxylic acid groups (broad SMARTS) is 4. The van der Waals surface area contributed by atoms with E-state index in [2.05, 4.69) is 37.2 Å². The standard InChI is InChI=1S/C32H51N9O15.2C2H6/c1-15-10-22(42)41(23(43)11-15)21(12-33)31(54)37-13-19(39-28(51)16(34-2)4-7-24(44)45)30(53)38-18(6-9-26(48)49)27(50)36-14-20(32(55)56)40-29(52)17(35-3)5-8-25(46)47;2*1-2/h15-21,34-35H,4-14,33H2,1-3H3,(H,36,50)(H,37,54)(H,38,53)(H,39,51)(H,40,52)(H,44,45)(H,46,47)(H,48,49)(H,55,56);2*1-2H3/t16-,17-,18?,19?,20?,21-;;/m0../s1. The minimum Gasteiger partial charge on any atom is -0.481 e. The number of carbonyl (C=O) groups excluding carboxylic acids is 7. The number of aliphatic carboxylic acids is 4. The molecule has 1 aliphatic heterocycles. The number of rotatable bonds is 26. The van der Waals surface area contributed by atoms with Gasteiger partial charge in [0.15, 0.2) is 0 Å². The number of carbonyl (C=O) groups is 11. The lowest BCUT2D eigenvalue weighted by molar-refractivity contribution is -0.156. The zero-order valence-corrected chi connectivity index (χ0v) is 35.1. The molecule has 60 heavy (non-hydrogen) atoms. The molecule has 0 saturated carbocycles. The lowest BCUT2D eigenvalue weighted by Gasteiger charge is -2.33. The number of carboxylic acids is 4. The Morgan fingerprint density at radius 2 is 0.933 bits per heavy atom. The number of nitrogens with two attached hydrogens (primary N) is 1. The van der Waals surface area contributed by atoms with Crippen LogP contribution < -0.4 is 43.0 Å². The Labute approximate surface area is 347 Å². The van der Waals surface area contributed by atoms with E-state index in [1.165, 1.54) is 14.1 Å².